The van der Waals surface area contributed by atoms with Crippen molar-refractivity contribution in [3.8, 4) is 0 Å². The molecule has 0 radical (unpaired) electrons. The molecule has 0 atom stereocenters. The van der Waals surface area contributed by atoms with Gasteiger partial charge in [0.2, 0.25) is 0 Å². The van der Waals surface area contributed by atoms with E-state index in [1.807, 2.05) is 0 Å². The van der Waals surface area contributed by atoms with Crippen LogP contribution in [0.15, 0.2) is 0 Å². The number of hydrogen-bond donors (Lipinski definition) is 2. The molecule has 3 N–H and O–H groups in total. The zero-order valence-corrected chi connectivity index (χ0v) is 10.3. The van der Waals surface area contributed by atoms with E-state index >= 15 is 0 Å². The second-order valence-corrected chi connectivity index (χ2v) is 5.43. The Morgan fingerprint density at radius 3 is 2.25 bits per heavy atom. The Labute approximate surface area is 99.1 Å². The Morgan fingerprint density at radius 1 is 1.06 bits per heavy atom. The summed E-state index contributed by atoms with van der Waals surface area (Å²) in [4.78, 5) is 0. The van der Waals surface area contributed by atoms with E-state index in [4.69, 9.17) is 10.5 Å². The summed E-state index contributed by atoms with van der Waals surface area (Å²) in [6, 6.07) is 0.698. The average Bonchev–Trinajstić information content (AvgIpc) is 2.59. The van der Waals surface area contributed by atoms with Crippen molar-refractivity contribution in [2.24, 2.45) is 5.73 Å². The molecule has 3 nitrogen and oxygen atoms in total. The third kappa shape index (κ3) is 3.19. The van der Waals surface area contributed by atoms with Gasteiger partial charge in [-0.15, -0.1) is 0 Å². The van der Waals surface area contributed by atoms with Gasteiger partial charge in [0, 0.05) is 31.3 Å². The molecule has 0 aromatic rings. The second kappa shape index (κ2) is 5.99. The molecule has 16 heavy (non-hydrogen) atoms. The average molecular weight is 226 g/mol. The summed E-state index contributed by atoms with van der Waals surface area (Å²) < 4.78 is 5.44. The van der Waals surface area contributed by atoms with E-state index in [9.17, 15) is 0 Å². The van der Waals surface area contributed by atoms with E-state index < -0.39 is 0 Å². The van der Waals surface area contributed by atoms with Crippen LogP contribution < -0.4 is 11.1 Å². The third-order valence-corrected chi connectivity index (χ3v) is 4.21. The molecule has 2 fully saturated rings. The van der Waals surface area contributed by atoms with Crippen LogP contribution in [0, 0.1) is 0 Å². The van der Waals surface area contributed by atoms with Gasteiger partial charge in [0.05, 0.1) is 0 Å². The molecule has 2 aliphatic rings. The molecular weight excluding hydrogens is 200 g/mol. The van der Waals surface area contributed by atoms with Crippen molar-refractivity contribution in [2.45, 2.75) is 62.9 Å². The fourth-order valence-corrected chi connectivity index (χ4v) is 3.03. The van der Waals surface area contributed by atoms with Gasteiger partial charge in [0.15, 0.2) is 0 Å². The summed E-state index contributed by atoms with van der Waals surface area (Å²) in [5, 5.41) is 3.86. The van der Waals surface area contributed by atoms with E-state index in [1.54, 1.807) is 0 Å². The van der Waals surface area contributed by atoms with Gasteiger partial charge in [-0.1, -0.05) is 25.7 Å². The van der Waals surface area contributed by atoms with E-state index in [0.29, 0.717) is 6.04 Å². The molecule has 94 valence electrons. The Bertz CT molecular complexity index is 194. The molecule has 2 rings (SSSR count). The van der Waals surface area contributed by atoms with Crippen LogP contribution in [0.25, 0.3) is 0 Å². The first-order valence-corrected chi connectivity index (χ1v) is 6.90. The predicted molar refractivity (Wildman–Crippen MR) is 66.5 cm³/mol. The van der Waals surface area contributed by atoms with Crippen molar-refractivity contribution in [1.82, 2.24) is 5.32 Å². The molecule has 1 saturated carbocycles. The molecule has 1 aliphatic heterocycles. The quantitative estimate of drug-likeness (QED) is 0.722. The molecule has 3 heteroatoms. The lowest BCUT2D eigenvalue weighted by Crippen LogP contribution is -2.57. The fourth-order valence-electron chi connectivity index (χ4n) is 3.03. The van der Waals surface area contributed by atoms with Gasteiger partial charge in [-0.3, -0.25) is 0 Å². The summed E-state index contributed by atoms with van der Waals surface area (Å²) in [6.07, 6.45) is 10.4. The van der Waals surface area contributed by atoms with Crippen LogP contribution >= 0.6 is 0 Å². The monoisotopic (exact) mass is 226 g/mol. The minimum atomic E-state index is 0.174. The zero-order valence-electron chi connectivity index (χ0n) is 10.3. The van der Waals surface area contributed by atoms with E-state index in [-0.39, 0.29) is 5.54 Å². The highest BCUT2D eigenvalue weighted by atomic mass is 16.5. The van der Waals surface area contributed by atoms with Crippen molar-refractivity contribution in [2.75, 3.05) is 19.8 Å². The van der Waals surface area contributed by atoms with Crippen molar-refractivity contribution in [3.63, 3.8) is 0 Å². The second-order valence-electron chi connectivity index (χ2n) is 5.43. The molecule has 0 bridgehead atoms. The van der Waals surface area contributed by atoms with E-state index in [1.165, 1.54) is 38.5 Å². The Kier molecular flexibility index (Phi) is 4.62. The van der Waals surface area contributed by atoms with Gasteiger partial charge >= 0.3 is 0 Å². The first-order valence-electron chi connectivity index (χ1n) is 6.90. The first kappa shape index (κ1) is 12.3. The number of nitrogens with two attached hydrogens (primary N) is 1. The minimum Gasteiger partial charge on any atom is -0.381 e. The van der Waals surface area contributed by atoms with Gasteiger partial charge in [0.1, 0.15) is 0 Å². The van der Waals surface area contributed by atoms with Crippen molar-refractivity contribution in [1.29, 1.82) is 0 Å². The third-order valence-electron chi connectivity index (χ3n) is 4.21. The van der Waals surface area contributed by atoms with Crippen molar-refractivity contribution < 1.29 is 4.74 Å². The zero-order chi connectivity index (χ0) is 11.3. The van der Waals surface area contributed by atoms with Gasteiger partial charge in [0.25, 0.3) is 0 Å². The molecule has 0 amide bonds. The van der Waals surface area contributed by atoms with Crippen molar-refractivity contribution in [3.05, 3.63) is 0 Å². The molecule has 1 heterocycles. The maximum absolute atomic E-state index is 5.98. The van der Waals surface area contributed by atoms with Crippen molar-refractivity contribution >= 4 is 0 Å². The van der Waals surface area contributed by atoms with Crippen LogP contribution in [-0.4, -0.2) is 31.3 Å². The number of ether oxygens (including phenoxy) is 1. The summed E-state index contributed by atoms with van der Waals surface area (Å²) in [5.41, 5.74) is 6.15. The Hall–Kier alpha value is -0.120. The van der Waals surface area contributed by atoms with Crippen LogP contribution in [0.4, 0.5) is 0 Å². The molecule has 0 spiro atoms. The minimum absolute atomic E-state index is 0.174. The largest absolute Gasteiger partial charge is 0.381 e. The molecule has 1 saturated heterocycles. The molecule has 0 aromatic heterocycles. The van der Waals surface area contributed by atoms with Crippen LogP contribution in [0.2, 0.25) is 0 Å². The van der Waals surface area contributed by atoms with E-state index in [2.05, 4.69) is 5.32 Å². The summed E-state index contributed by atoms with van der Waals surface area (Å²) in [7, 11) is 0. The van der Waals surface area contributed by atoms with Gasteiger partial charge in [-0.2, -0.15) is 0 Å². The number of nitrogens with one attached hydrogen (secondary N) is 1. The summed E-state index contributed by atoms with van der Waals surface area (Å²) in [5.74, 6) is 0. The standard InChI is InChI=1S/C13H26N2O/c14-11-13(7-9-16-10-8-13)15-12-5-3-1-2-4-6-12/h12,15H,1-11,14H2. The molecule has 0 unspecified atom stereocenters. The first-order chi connectivity index (χ1) is 7.85. The Morgan fingerprint density at radius 2 is 1.69 bits per heavy atom. The molecule has 1 aliphatic carbocycles. The number of rotatable bonds is 3. The lowest BCUT2D eigenvalue weighted by atomic mass is 9.88. The normalized spacial score (nSPS) is 27.6. The highest BCUT2D eigenvalue weighted by molar-refractivity contribution is 4.93. The lowest BCUT2D eigenvalue weighted by molar-refractivity contribution is 0.0356. The summed E-state index contributed by atoms with van der Waals surface area (Å²) in [6.45, 7) is 2.50. The van der Waals surface area contributed by atoms with Crippen LogP contribution in [0.1, 0.15) is 51.4 Å². The highest BCUT2D eigenvalue weighted by Crippen LogP contribution is 2.24. The highest BCUT2D eigenvalue weighted by Gasteiger charge is 2.33. The smallest absolute Gasteiger partial charge is 0.0484 e. The predicted octanol–water partition coefficient (Wildman–Crippen LogP) is 1.81. The van der Waals surface area contributed by atoms with E-state index in [0.717, 1.165) is 32.6 Å². The topological polar surface area (TPSA) is 47.3 Å². The van der Waals surface area contributed by atoms with Crippen LogP contribution in [0.3, 0.4) is 0 Å². The van der Waals surface area contributed by atoms with Gasteiger partial charge in [-0.05, 0) is 25.7 Å². The lowest BCUT2D eigenvalue weighted by Gasteiger charge is -2.40. The van der Waals surface area contributed by atoms with Gasteiger partial charge in [-0.25, -0.2) is 0 Å². The SMILES string of the molecule is NCC1(NC2CCCCCC2)CCOCC1. The van der Waals surface area contributed by atoms with Gasteiger partial charge < -0.3 is 15.8 Å². The van der Waals surface area contributed by atoms with Crippen LogP contribution in [-0.2, 0) is 4.74 Å². The van der Waals surface area contributed by atoms with Crippen LogP contribution in [0.5, 0.6) is 0 Å². The Balaban J connectivity index is 1.88. The number of hydrogen-bond acceptors (Lipinski definition) is 3. The fraction of sp³-hybridized carbons (Fsp3) is 1.00. The summed E-state index contributed by atoms with van der Waals surface area (Å²) >= 11 is 0. The molecular formula is C13H26N2O. The molecule has 0 aromatic carbocycles. The maximum atomic E-state index is 5.98. The maximum Gasteiger partial charge on any atom is 0.0484 e.